The number of nitrogens with one attached hydrogen (secondary N) is 1. The summed E-state index contributed by atoms with van der Waals surface area (Å²) in [7, 11) is 0. The van der Waals surface area contributed by atoms with Crippen LogP contribution >= 0.6 is 35.0 Å². The number of fused-ring (bicyclic) bond motifs is 1. The standard InChI is InChI=1S/C16H16Cl2N2O4S/c1-16-5-4-14(22)20(16)12(8-25-16)15(23)24-7-13(21)19-9-2-3-10(17)11(18)6-9/h2-3,6,12H,4-5,7-8H2,1H3,(H,19,21)/t12-,16+/m1/s1. The van der Waals surface area contributed by atoms with Gasteiger partial charge in [-0.05, 0) is 31.5 Å². The van der Waals surface area contributed by atoms with Crippen LogP contribution in [-0.2, 0) is 19.1 Å². The number of anilines is 1. The quantitative estimate of drug-likeness (QED) is 0.783. The van der Waals surface area contributed by atoms with Gasteiger partial charge in [0.1, 0.15) is 6.04 Å². The van der Waals surface area contributed by atoms with Gasteiger partial charge in [-0.1, -0.05) is 23.2 Å². The van der Waals surface area contributed by atoms with Crippen LogP contribution in [0.1, 0.15) is 19.8 Å². The number of thioether (sulfide) groups is 1. The van der Waals surface area contributed by atoms with Crippen LogP contribution in [0.5, 0.6) is 0 Å². The van der Waals surface area contributed by atoms with Gasteiger partial charge in [-0.2, -0.15) is 0 Å². The van der Waals surface area contributed by atoms with Crippen LogP contribution in [0.2, 0.25) is 10.0 Å². The summed E-state index contributed by atoms with van der Waals surface area (Å²) in [6.45, 7) is 1.52. The molecule has 25 heavy (non-hydrogen) atoms. The van der Waals surface area contributed by atoms with E-state index in [-0.39, 0.29) is 10.8 Å². The molecule has 0 unspecified atom stereocenters. The molecule has 0 aliphatic carbocycles. The Balaban J connectivity index is 1.54. The van der Waals surface area contributed by atoms with Crippen LogP contribution < -0.4 is 5.32 Å². The molecule has 9 heteroatoms. The fourth-order valence-electron chi connectivity index (χ4n) is 3.00. The smallest absolute Gasteiger partial charge is 0.330 e. The minimum atomic E-state index is -0.636. The molecule has 6 nitrogen and oxygen atoms in total. The van der Waals surface area contributed by atoms with E-state index in [1.54, 1.807) is 28.8 Å². The van der Waals surface area contributed by atoms with Gasteiger partial charge >= 0.3 is 5.97 Å². The van der Waals surface area contributed by atoms with Crippen molar-refractivity contribution < 1.29 is 19.1 Å². The molecular formula is C16H16Cl2N2O4S. The summed E-state index contributed by atoms with van der Waals surface area (Å²) in [5.41, 5.74) is 0.453. The molecule has 0 aromatic heterocycles. The number of halogens is 2. The van der Waals surface area contributed by atoms with Gasteiger partial charge in [-0.15, -0.1) is 11.8 Å². The average Bonchev–Trinajstić information content (AvgIpc) is 3.05. The fourth-order valence-corrected chi connectivity index (χ4v) is 4.71. The van der Waals surface area contributed by atoms with Crippen molar-refractivity contribution in [3.8, 4) is 0 Å². The first-order valence-electron chi connectivity index (χ1n) is 7.68. The molecule has 1 N–H and O–H groups in total. The van der Waals surface area contributed by atoms with Gasteiger partial charge < -0.3 is 15.0 Å². The van der Waals surface area contributed by atoms with Gasteiger partial charge in [0, 0.05) is 17.9 Å². The lowest BCUT2D eigenvalue weighted by Gasteiger charge is -2.29. The number of rotatable bonds is 4. The molecule has 2 amide bonds. The monoisotopic (exact) mass is 402 g/mol. The second-order valence-electron chi connectivity index (χ2n) is 6.05. The van der Waals surface area contributed by atoms with E-state index in [0.717, 1.165) is 6.42 Å². The van der Waals surface area contributed by atoms with Crippen molar-refractivity contribution in [3.63, 3.8) is 0 Å². The summed E-state index contributed by atoms with van der Waals surface area (Å²) < 4.78 is 5.10. The summed E-state index contributed by atoms with van der Waals surface area (Å²) >= 11 is 13.3. The Kier molecular flexibility index (Phi) is 5.18. The Morgan fingerprint density at radius 3 is 2.88 bits per heavy atom. The second-order valence-corrected chi connectivity index (χ2v) is 8.37. The number of hydrogen-bond donors (Lipinski definition) is 1. The molecule has 1 aromatic rings. The number of benzene rings is 1. The molecule has 134 valence electrons. The lowest BCUT2D eigenvalue weighted by atomic mass is 10.2. The largest absolute Gasteiger partial charge is 0.454 e. The number of amides is 2. The highest BCUT2D eigenvalue weighted by atomic mass is 35.5. The van der Waals surface area contributed by atoms with Gasteiger partial charge in [0.2, 0.25) is 5.91 Å². The molecule has 2 aliphatic rings. The maximum absolute atomic E-state index is 12.3. The highest BCUT2D eigenvalue weighted by Gasteiger charge is 2.53. The lowest BCUT2D eigenvalue weighted by molar-refractivity contribution is -0.155. The summed E-state index contributed by atoms with van der Waals surface area (Å²) in [6, 6.07) is 4.02. The highest BCUT2D eigenvalue weighted by Crippen LogP contribution is 2.47. The Morgan fingerprint density at radius 2 is 2.16 bits per heavy atom. The van der Waals surface area contributed by atoms with E-state index in [1.165, 1.54) is 6.07 Å². The van der Waals surface area contributed by atoms with Crippen molar-refractivity contribution in [1.82, 2.24) is 4.90 Å². The van der Waals surface area contributed by atoms with Crippen LogP contribution in [0.4, 0.5) is 5.69 Å². The van der Waals surface area contributed by atoms with Crippen molar-refractivity contribution >= 4 is 58.4 Å². The number of nitrogens with zero attached hydrogens (tertiary/aromatic N) is 1. The Labute approximate surface area is 159 Å². The third-order valence-corrected chi connectivity index (χ3v) is 6.51. The van der Waals surface area contributed by atoms with Gasteiger partial charge in [-0.3, -0.25) is 9.59 Å². The summed E-state index contributed by atoms with van der Waals surface area (Å²) in [5.74, 6) is -0.617. The molecule has 2 aliphatic heterocycles. The minimum absolute atomic E-state index is 0.0466. The fraction of sp³-hybridized carbons (Fsp3) is 0.438. The van der Waals surface area contributed by atoms with E-state index in [1.807, 2.05) is 6.92 Å². The molecule has 0 bridgehead atoms. The van der Waals surface area contributed by atoms with Crippen LogP contribution in [-0.4, -0.2) is 46.0 Å². The van der Waals surface area contributed by atoms with E-state index < -0.39 is 24.5 Å². The van der Waals surface area contributed by atoms with E-state index in [9.17, 15) is 14.4 Å². The maximum atomic E-state index is 12.3. The molecule has 0 radical (unpaired) electrons. The first kappa shape index (κ1) is 18.4. The third kappa shape index (κ3) is 3.73. The zero-order valence-corrected chi connectivity index (χ0v) is 15.7. The lowest BCUT2D eigenvalue weighted by Crippen LogP contribution is -2.47. The second kappa shape index (κ2) is 7.05. The summed E-state index contributed by atoms with van der Waals surface area (Å²) in [5, 5.41) is 3.26. The zero-order chi connectivity index (χ0) is 18.2. The highest BCUT2D eigenvalue weighted by molar-refractivity contribution is 8.01. The van der Waals surface area contributed by atoms with Crippen molar-refractivity contribution in [2.75, 3.05) is 17.7 Å². The molecule has 0 saturated carbocycles. The van der Waals surface area contributed by atoms with Crippen LogP contribution in [0, 0.1) is 0 Å². The Morgan fingerprint density at radius 1 is 1.40 bits per heavy atom. The minimum Gasteiger partial charge on any atom is -0.454 e. The first-order chi connectivity index (χ1) is 11.8. The Bertz CT molecular complexity index is 745. The van der Waals surface area contributed by atoms with Crippen LogP contribution in [0.25, 0.3) is 0 Å². The van der Waals surface area contributed by atoms with E-state index >= 15 is 0 Å². The Hall–Kier alpha value is -1.44. The summed E-state index contributed by atoms with van der Waals surface area (Å²) in [4.78, 5) is 37.5. The zero-order valence-electron chi connectivity index (χ0n) is 13.4. The summed E-state index contributed by atoms with van der Waals surface area (Å²) in [6.07, 6.45) is 1.16. The number of hydrogen-bond acceptors (Lipinski definition) is 5. The number of esters is 1. The van der Waals surface area contributed by atoms with Gasteiger partial charge in [0.15, 0.2) is 6.61 Å². The van der Waals surface area contributed by atoms with Gasteiger partial charge in [0.25, 0.3) is 5.91 Å². The maximum Gasteiger partial charge on any atom is 0.330 e. The SMILES string of the molecule is C[C@]12CCC(=O)N1[C@@H](C(=O)OCC(=O)Nc1ccc(Cl)c(Cl)c1)CS2. The van der Waals surface area contributed by atoms with Crippen LogP contribution in [0.15, 0.2) is 18.2 Å². The number of ether oxygens (including phenoxy) is 1. The van der Waals surface area contributed by atoms with Crippen molar-refractivity contribution in [2.45, 2.75) is 30.7 Å². The molecule has 2 fully saturated rings. The number of carbonyl (C=O) groups excluding carboxylic acids is 3. The van der Waals surface area contributed by atoms with Crippen molar-refractivity contribution in [3.05, 3.63) is 28.2 Å². The molecule has 1 aromatic carbocycles. The predicted molar refractivity (Wildman–Crippen MR) is 96.8 cm³/mol. The number of carbonyl (C=O) groups is 3. The van der Waals surface area contributed by atoms with E-state index in [4.69, 9.17) is 27.9 Å². The normalized spacial score (nSPS) is 25.0. The van der Waals surface area contributed by atoms with Gasteiger partial charge in [-0.25, -0.2) is 4.79 Å². The van der Waals surface area contributed by atoms with Crippen molar-refractivity contribution in [2.24, 2.45) is 0 Å². The molecule has 2 atom stereocenters. The molecular weight excluding hydrogens is 387 g/mol. The van der Waals surface area contributed by atoms with Gasteiger partial charge in [0.05, 0.1) is 14.9 Å². The van der Waals surface area contributed by atoms with Crippen molar-refractivity contribution in [1.29, 1.82) is 0 Å². The van der Waals surface area contributed by atoms with E-state index in [2.05, 4.69) is 5.32 Å². The predicted octanol–water partition coefficient (Wildman–Crippen LogP) is 2.93. The molecule has 2 saturated heterocycles. The third-order valence-electron chi connectivity index (χ3n) is 4.27. The molecule has 3 rings (SSSR count). The topological polar surface area (TPSA) is 75.7 Å². The molecule has 2 heterocycles. The molecule has 0 spiro atoms. The first-order valence-corrected chi connectivity index (χ1v) is 9.42. The van der Waals surface area contributed by atoms with Crippen LogP contribution in [0.3, 0.4) is 0 Å². The average molecular weight is 403 g/mol. The van der Waals surface area contributed by atoms with E-state index in [0.29, 0.717) is 27.9 Å².